The smallest absolute Gasteiger partial charge is 0.125 e. The van der Waals surface area contributed by atoms with Crippen molar-refractivity contribution in [3.05, 3.63) is 23.9 Å². The van der Waals surface area contributed by atoms with Crippen molar-refractivity contribution >= 4 is 5.82 Å². The first-order valence-corrected chi connectivity index (χ1v) is 6.21. The van der Waals surface area contributed by atoms with Crippen molar-refractivity contribution in [3.63, 3.8) is 0 Å². The molecule has 1 N–H and O–H groups in total. The Morgan fingerprint density at radius 1 is 1.19 bits per heavy atom. The van der Waals surface area contributed by atoms with Gasteiger partial charge in [0.1, 0.15) is 5.82 Å². The highest BCUT2D eigenvalue weighted by Gasteiger charge is 2.01. The molecule has 0 aromatic carbocycles. The van der Waals surface area contributed by atoms with Crippen molar-refractivity contribution in [2.24, 2.45) is 0 Å². The minimum absolute atomic E-state index is 0.977. The van der Waals surface area contributed by atoms with E-state index < -0.39 is 0 Å². The van der Waals surface area contributed by atoms with E-state index in [0.29, 0.717) is 0 Å². The normalized spacial score (nSPS) is 10.8. The van der Waals surface area contributed by atoms with Gasteiger partial charge in [-0.25, -0.2) is 4.98 Å². The number of pyridine rings is 1. The van der Waals surface area contributed by atoms with Crippen LogP contribution in [0.4, 0.5) is 5.82 Å². The molecule has 1 rings (SSSR count). The van der Waals surface area contributed by atoms with E-state index in [1.165, 1.54) is 5.56 Å². The maximum absolute atomic E-state index is 4.40. The van der Waals surface area contributed by atoms with Gasteiger partial charge >= 0.3 is 0 Å². The van der Waals surface area contributed by atoms with Crippen molar-refractivity contribution in [2.45, 2.75) is 33.7 Å². The van der Waals surface area contributed by atoms with Gasteiger partial charge in [0, 0.05) is 19.3 Å². The summed E-state index contributed by atoms with van der Waals surface area (Å²) in [4.78, 5) is 6.79. The monoisotopic (exact) mass is 221 g/mol. The molecule has 3 heteroatoms. The van der Waals surface area contributed by atoms with Gasteiger partial charge in [-0.05, 0) is 31.1 Å². The largest absolute Gasteiger partial charge is 0.370 e. The van der Waals surface area contributed by atoms with Crippen LogP contribution in [0, 0.1) is 0 Å². The zero-order chi connectivity index (χ0) is 11.8. The number of nitrogens with one attached hydrogen (secondary N) is 1. The molecule has 0 unspecified atom stereocenters. The molecule has 0 saturated carbocycles. The van der Waals surface area contributed by atoms with Crippen LogP contribution < -0.4 is 5.32 Å². The number of anilines is 1. The number of hydrogen-bond donors (Lipinski definition) is 1. The topological polar surface area (TPSA) is 28.2 Å². The third-order valence-electron chi connectivity index (χ3n) is 2.68. The number of aromatic nitrogens is 1. The molecular formula is C13H23N3. The van der Waals surface area contributed by atoms with Gasteiger partial charge in [-0.2, -0.15) is 0 Å². The predicted molar refractivity (Wildman–Crippen MR) is 69.6 cm³/mol. The maximum atomic E-state index is 4.40. The quantitative estimate of drug-likeness (QED) is 0.767. The fourth-order valence-corrected chi connectivity index (χ4v) is 1.58. The third-order valence-corrected chi connectivity index (χ3v) is 2.68. The maximum Gasteiger partial charge on any atom is 0.125 e. The average molecular weight is 221 g/mol. The van der Waals surface area contributed by atoms with E-state index >= 15 is 0 Å². The lowest BCUT2D eigenvalue weighted by Crippen LogP contribution is -2.22. The fraction of sp³-hybridized carbons (Fsp3) is 0.615. The van der Waals surface area contributed by atoms with Crippen LogP contribution in [0.1, 0.15) is 32.8 Å². The fourth-order valence-electron chi connectivity index (χ4n) is 1.58. The zero-order valence-corrected chi connectivity index (χ0v) is 10.7. The Morgan fingerprint density at radius 3 is 2.44 bits per heavy atom. The minimum Gasteiger partial charge on any atom is -0.370 e. The van der Waals surface area contributed by atoms with Crippen LogP contribution >= 0.6 is 0 Å². The molecule has 0 bridgehead atoms. The molecule has 1 aromatic rings. The van der Waals surface area contributed by atoms with Crippen LogP contribution in [0.2, 0.25) is 0 Å². The lowest BCUT2D eigenvalue weighted by molar-refractivity contribution is 0.295. The Hall–Kier alpha value is -1.09. The number of hydrogen-bond acceptors (Lipinski definition) is 3. The summed E-state index contributed by atoms with van der Waals surface area (Å²) in [5.74, 6) is 0.977. The Bertz CT molecular complexity index is 278. The summed E-state index contributed by atoms with van der Waals surface area (Å²) < 4.78 is 0. The average Bonchev–Trinajstić information content (AvgIpc) is 2.35. The van der Waals surface area contributed by atoms with Crippen LogP contribution in [-0.4, -0.2) is 29.5 Å². The van der Waals surface area contributed by atoms with E-state index in [9.17, 15) is 0 Å². The Kier molecular flexibility index (Phi) is 5.86. The highest BCUT2D eigenvalue weighted by molar-refractivity contribution is 5.35. The number of nitrogens with zero attached hydrogens (tertiary/aromatic N) is 2. The zero-order valence-electron chi connectivity index (χ0n) is 10.7. The second-order valence-corrected chi connectivity index (χ2v) is 3.94. The molecule has 0 aliphatic rings. The summed E-state index contributed by atoms with van der Waals surface area (Å²) in [6, 6.07) is 4.22. The Morgan fingerprint density at radius 2 is 1.94 bits per heavy atom. The van der Waals surface area contributed by atoms with E-state index in [1.54, 1.807) is 0 Å². The highest BCUT2D eigenvalue weighted by atomic mass is 15.1. The first kappa shape index (κ1) is 13.0. The molecule has 0 aliphatic carbocycles. The number of rotatable bonds is 7. The van der Waals surface area contributed by atoms with Crippen molar-refractivity contribution in [3.8, 4) is 0 Å². The molecule has 90 valence electrons. The minimum atomic E-state index is 0.977. The summed E-state index contributed by atoms with van der Waals surface area (Å²) in [6.07, 6.45) is 3.10. The van der Waals surface area contributed by atoms with E-state index in [-0.39, 0.29) is 0 Å². The van der Waals surface area contributed by atoms with Gasteiger partial charge in [0.25, 0.3) is 0 Å². The Labute approximate surface area is 98.9 Å². The second-order valence-electron chi connectivity index (χ2n) is 3.94. The van der Waals surface area contributed by atoms with Crippen LogP contribution in [0.5, 0.6) is 0 Å². The van der Waals surface area contributed by atoms with Gasteiger partial charge in [-0.1, -0.05) is 26.8 Å². The van der Waals surface area contributed by atoms with Crippen LogP contribution in [0.15, 0.2) is 18.3 Å². The molecule has 0 amide bonds. The van der Waals surface area contributed by atoms with E-state index in [1.807, 2.05) is 6.20 Å². The van der Waals surface area contributed by atoms with Gasteiger partial charge in [0.2, 0.25) is 0 Å². The summed E-state index contributed by atoms with van der Waals surface area (Å²) in [7, 11) is 0. The lowest BCUT2D eigenvalue weighted by Gasteiger charge is -2.17. The van der Waals surface area contributed by atoms with E-state index in [4.69, 9.17) is 0 Å². The van der Waals surface area contributed by atoms with Gasteiger partial charge < -0.3 is 5.32 Å². The standard InChI is InChI=1S/C13H23N3/c1-4-9-14-13-8-7-12(10-15-13)11-16(5-2)6-3/h7-8,10H,4-6,9,11H2,1-3H3,(H,14,15). The predicted octanol–water partition coefficient (Wildman–Crippen LogP) is 2.75. The van der Waals surface area contributed by atoms with Crippen molar-refractivity contribution in [2.75, 3.05) is 25.0 Å². The van der Waals surface area contributed by atoms with Gasteiger partial charge in [0.05, 0.1) is 0 Å². The Balaban J connectivity index is 2.50. The molecule has 0 aliphatic heterocycles. The van der Waals surface area contributed by atoms with E-state index in [2.05, 4.69) is 48.1 Å². The van der Waals surface area contributed by atoms with E-state index in [0.717, 1.165) is 38.4 Å². The molecule has 0 fully saturated rings. The first-order chi connectivity index (χ1) is 7.80. The molecule has 16 heavy (non-hydrogen) atoms. The molecule has 1 heterocycles. The van der Waals surface area contributed by atoms with Gasteiger partial charge in [0.15, 0.2) is 0 Å². The summed E-state index contributed by atoms with van der Waals surface area (Å²) >= 11 is 0. The molecule has 0 atom stereocenters. The van der Waals surface area contributed by atoms with Crippen molar-refractivity contribution in [1.82, 2.24) is 9.88 Å². The molecular weight excluding hydrogens is 198 g/mol. The van der Waals surface area contributed by atoms with Crippen LogP contribution in [0.3, 0.4) is 0 Å². The third kappa shape index (κ3) is 4.19. The highest BCUT2D eigenvalue weighted by Crippen LogP contribution is 2.07. The van der Waals surface area contributed by atoms with Gasteiger partial charge in [-0.3, -0.25) is 4.90 Å². The molecule has 0 saturated heterocycles. The summed E-state index contributed by atoms with van der Waals surface area (Å²) in [5, 5.41) is 3.28. The van der Waals surface area contributed by atoms with Crippen LogP contribution in [-0.2, 0) is 6.54 Å². The van der Waals surface area contributed by atoms with Gasteiger partial charge in [-0.15, -0.1) is 0 Å². The first-order valence-electron chi connectivity index (χ1n) is 6.21. The molecule has 3 nitrogen and oxygen atoms in total. The van der Waals surface area contributed by atoms with Crippen molar-refractivity contribution < 1.29 is 0 Å². The second kappa shape index (κ2) is 7.23. The van der Waals surface area contributed by atoms with Crippen molar-refractivity contribution in [1.29, 1.82) is 0 Å². The summed E-state index contributed by atoms with van der Waals surface area (Å²) in [5.41, 5.74) is 1.28. The summed E-state index contributed by atoms with van der Waals surface area (Å²) in [6.45, 7) is 10.7. The molecule has 1 aromatic heterocycles. The SMILES string of the molecule is CCCNc1ccc(CN(CC)CC)cn1. The molecule has 0 radical (unpaired) electrons. The molecule has 0 spiro atoms. The lowest BCUT2D eigenvalue weighted by atomic mass is 10.2. The van der Waals surface area contributed by atoms with Crippen LogP contribution in [0.25, 0.3) is 0 Å².